The second kappa shape index (κ2) is 5.01. The molecule has 0 radical (unpaired) electrons. The summed E-state index contributed by atoms with van der Waals surface area (Å²) in [7, 11) is 1.85. The monoisotopic (exact) mass is 361 g/mol. The van der Waals surface area contributed by atoms with E-state index in [9.17, 15) is 4.39 Å². The van der Waals surface area contributed by atoms with Gasteiger partial charge in [0.1, 0.15) is 22.6 Å². The molecule has 2 atom stereocenters. The van der Waals surface area contributed by atoms with Crippen LogP contribution in [0.15, 0.2) is 35.2 Å². The predicted octanol–water partition coefficient (Wildman–Crippen LogP) is 3.23. The van der Waals surface area contributed by atoms with E-state index in [1.165, 1.54) is 18.5 Å². The molecule has 1 aliphatic rings. The normalized spacial score (nSPS) is 20.3. The number of hydrogen-bond acceptors (Lipinski definition) is 4. The van der Waals surface area contributed by atoms with Gasteiger partial charge in [-0.15, -0.1) is 0 Å². The predicted molar refractivity (Wildman–Crippen MR) is 85.2 cm³/mol. The highest BCUT2D eigenvalue weighted by atomic mass is 79.9. The fraction of sp³-hybridized carbons (Fsp3) is 0.267. The highest BCUT2D eigenvalue weighted by Crippen LogP contribution is 2.43. The van der Waals surface area contributed by atoms with Crippen molar-refractivity contribution in [3.63, 3.8) is 0 Å². The quantitative estimate of drug-likeness (QED) is 0.777. The van der Waals surface area contributed by atoms with Gasteiger partial charge in [0.15, 0.2) is 5.65 Å². The Bertz CT molecular complexity index is 845. The lowest BCUT2D eigenvalue weighted by molar-refractivity contribution is 0.627. The van der Waals surface area contributed by atoms with Gasteiger partial charge in [-0.25, -0.2) is 19.0 Å². The lowest BCUT2D eigenvalue weighted by Crippen LogP contribution is -2.07. The average molecular weight is 362 g/mol. The van der Waals surface area contributed by atoms with Crippen LogP contribution in [-0.2, 0) is 7.05 Å². The van der Waals surface area contributed by atoms with Crippen molar-refractivity contribution < 1.29 is 4.39 Å². The largest absolute Gasteiger partial charge is 0.366 e. The zero-order chi connectivity index (χ0) is 15.3. The summed E-state index contributed by atoms with van der Waals surface area (Å²) in [5, 5.41) is 8.65. The minimum Gasteiger partial charge on any atom is -0.366 e. The maximum absolute atomic E-state index is 13.0. The molecular weight excluding hydrogens is 349 g/mol. The lowest BCUT2D eigenvalue weighted by atomic mass is 10.1. The maximum Gasteiger partial charge on any atom is 0.164 e. The zero-order valence-corrected chi connectivity index (χ0v) is 13.4. The van der Waals surface area contributed by atoms with Crippen LogP contribution in [-0.4, -0.2) is 25.8 Å². The SMILES string of the molecule is Cn1nc(Br)c2c(N[C@@H]3C[C@H]3c3ccc(F)cc3)ncnc21. The topological polar surface area (TPSA) is 55.6 Å². The number of halogens is 2. The first-order valence-electron chi connectivity index (χ1n) is 6.98. The number of nitrogens with one attached hydrogen (secondary N) is 1. The van der Waals surface area contributed by atoms with Crippen LogP contribution < -0.4 is 5.32 Å². The van der Waals surface area contributed by atoms with Crippen LogP contribution in [0.5, 0.6) is 0 Å². The van der Waals surface area contributed by atoms with Crippen molar-refractivity contribution in [3.8, 4) is 0 Å². The molecule has 0 amide bonds. The van der Waals surface area contributed by atoms with Crippen molar-refractivity contribution in [1.82, 2.24) is 19.7 Å². The van der Waals surface area contributed by atoms with Crippen LogP contribution in [0.1, 0.15) is 17.9 Å². The Morgan fingerprint density at radius 2 is 2.05 bits per heavy atom. The Hall–Kier alpha value is -2.02. The Balaban J connectivity index is 1.59. The smallest absolute Gasteiger partial charge is 0.164 e. The van der Waals surface area contributed by atoms with Crippen molar-refractivity contribution in [2.45, 2.75) is 18.4 Å². The number of rotatable bonds is 3. The van der Waals surface area contributed by atoms with E-state index in [-0.39, 0.29) is 5.82 Å². The number of nitrogens with zero attached hydrogens (tertiary/aromatic N) is 4. The molecule has 1 N–H and O–H groups in total. The fourth-order valence-electron chi connectivity index (χ4n) is 2.76. The van der Waals surface area contributed by atoms with Gasteiger partial charge >= 0.3 is 0 Å². The molecule has 7 heteroatoms. The average Bonchev–Trinajstić information content (AvgIpc) is 3.20. The summed E-state index contributed by atoms with van der Waals surface area (Å²) in [5.74, 6) is 0.964. The van der Waals surface area contributed by atoms with Crippen molar-refractivity contribution >= 4 is 32.8 Å². The standard InChI is InChI=1S/C15H13BrFN5/c1-22-15-12(13(16)21-22)14(18-7-19-15)20-11-6-10(11)8-2-4-9(17)5-3-8/h2-5,7,10-11H,6H2,1H3,(H,18,19,20)/t10-,11+/m0/s1. The summed E-state index contributed by atoms with van der Waals surface area (Å²) in [6, 6.07) is 7.00. The molecule has 22 heavy (non-hydrogen) atoms. The molecule has 5 nitrogen and oxygen atoms in total. The van der Waals surface area contributed by atoms with E-state index < -0.39 is 0 Å². The van der Waals surface area contributed by atoms with Gasteiger partial charge in [-0.05, 0) is 40.0 Å². The molecule has 4 rings (SSSR count). The van der Waals surface area contributed by atoms with Crippen molar-refractivity contribution in [2.75, 3.05) is 5.32 Å². The second-order valence-corrected chi connectivity index (χ2v) is 6.23. The summed E-state index contributed by atoms with van der Waals surface area (Å²) in [5.41, 5.74) is 1.93. The first kappa shape index (κ1) is 13.6. The summed E-state index contributed by atoms with van der Waals surface area (Å²) in [4.78, 5) is 8.59. The molecular formula is C15H13BrFN5. The minimum atomic E-state index is -0.203. The molecule has 1 aliphatic carbocycles. The van der Waals surface area contributed by atoms with E-state index >= 15 is 0 Å². The number of anilines is 1. The Morgan fingerprint density at radius 1 is 1.27 bits per heavy atom. The molecule has 1 fully saturated rings. The van der Waals surface area contributed by atoms with Crippen molar-refractivity contribution in [3.05, 3.63) is 46.6 Å². The third-order valence-electron chi connectivity index (χ3n) is 3.99. The molecule has 3 aromatic rings. The van der Waals surface area contributed by atoms with E-state index in [4.69, 9.17) is 0 Å². The van der Waals surface area contributed by atoms with Crippen LogP contribution >= 0.6 is 15.9 Å². The Morgan fingerprint density at radius 3 is 2.82 bits per heavy atom. The van der Waals surface area contributed by atoms with Gasteiger partial charge in [0, 0.05) is 19.0 Å². The van der Waals surface area contributed by atoms with Crippen molar-refractivity contribution in [2.24, 2.45) is 7.05 Å². The molecule has 0 aliphatic heterocycles. The molecule has 112 valence electrons. The van der Waals surface area contributed by atoms with Gasteiger partial charge in [-0.2, -0.15) is 5.10 Å². The van der Waals surface area contributed by atoms with Gasteiger partial charge in [0.2, 0.25) is 0 Å². The highest BCUT2D eigenvalue weighted by Gasteiger charge is 2.39. The molecule has 2 heterocycles. The van der Waals surface area contributed by atoms with E-state index in [1.54, 1.807) is 4.68 Å². The van der Waals surface area contributed by atoms with Gasteiger partial charge in [0.05, 0.1) is 5.39 Å². The van der Waals surface area contributed by atoms with Crippen LogP contribution in [0.4, 0.5) is 10.2 Å². The molecule has 0 spiro atoms. The first-order chi connectivity index (χ1) is 10.6. The number of aromatic nitrogens is 4. The molecule has 0 unspecified atom stereocenters. The molecule has 0 saturated heterocycles. The lowest BCUT2D eigenvalue weighted by Gasteiger charge is -2.06. The summed E-state index contributed by atoms with van der Waals surface area (Å²) >= 11 is 3.45. The number of benzene rings is 1. The van der Waals surface area contributed by atoms with E-state index in [1.807, 2.05) is 19.2 Å². The van der Waals surface area contributed by atoms with Crippen LogP contribution in [0.3, 0.4) is 0 Å². The van der Waals surface area contributed by atoms with Crippen LogP contribution in [0.2, 0.25) is 0 Å². The number of fused-ring (bicyclic) bond motifs is 1. The zero-order valence-electron chi connectivity index (χ0n) is 11.8. The second-order valence-electron chi connectivity index (χ2n) is 5.48. The Kier molecular flexibility index (Phi) is 3.11. The van der Waals surface area contributed by atoms with Gasteiger partial charge in [-0.3, -0.25) is 0 Å². The maximum atomic E-state index is 13.0. The Labute approximate surface area is 134 Å². The van der Waals surface area contributed by atoms with Crippen molar-refractivity contribution in [1.29, 1.82) is 0 Å². The summed E-state index contributed by atoms with van der Waals surface area (Å²) in [6.07, 6.45) is 2.54. The first-order valence-corrected chi connectivity index (χ1v) is 7.78. The summed E-state index contributed by atoms with van der Waals surface area (Å²) < 4.78 is 15.4. The van der Waals surface area contributed by atoms with E-state index in [0.29, 0.717) is 12.0 Å². The molecule has 2 aromatic heterocycles. The third kappa shape index (κ3) is 2.25. The van der Waals surface area contributed by atoms with Gasteiger partial charge in [0.25, 0.3) is 0 Å². The van der Waals surface area contributed by atoms with Gasteiger partial charge in [-0.1, -0.05) is 12.1 Å². The van der Waals surface area contributed by atoms with Crippen LogP contribution in [0, 0.1) is 5.82 Å². The summed E-state index contributed by atoms with van der Waals surface area (Å²) in [6.45, 7) is 0. The van der Waals surface area contributed by atoms with E-state index in [2.05, 4.69) is 36.3 Å². The highest BCUT2D eigenvalue weighted by molar-refractivity contribution is 9.10. The molecule has 1 aromatic carbocycles. The molecule has 0 bridgehead atoms. The third-order valence-corrected chi connectivity index (χ3v) is 4.54. The number of aryl methyl sites for hydroxylation is 1. The fourth-order valence-corrected chi connectivity index (χ4v) is 3.36. The van der Waals surface area contributed by atoms with Crippen LogP contribution in [0.25, 0.3) is 11.0 Å². The number of hydrogen-bond donors (Lipinski definition) is 1. The minimum absolute atomic E-state index is 0.203. The molecule has 1 saturated carbocycles. The van der Waals surface area contributed by atoms with E-state index in [0.717, 1.165) is 33.4 Å². The van der Waals surface area contributed by atoms with Gasteiger partial charge < -0.3 is 5.32 Å².